The Kier molecular flexibility index (Phi) is 6.64. The van der Waals surface area contributed by atoms with Gasteiger partial charge < -0.3 is 14.8 Å². The third-order valence-electron chi connectivity index (χ3n) is 2.87. The van der Waals surface area contributed by atoms with E-state index in [0.29, 0.717) is 12.3 Å². The quantitative estimate of drug-likeness (QED) is 0.601. The first kappa shape index (κ1) is 16.2. The summed E-state index contributed by atoms with van der Waals surface area (Å²) in [6.45, 7) is 0.632. The van der Waals surface area contributed by atoms with Crippen LogP contribution in [0.1, 0.15) is 0 Å². The molecule has 116 valence electrons. The second-order valence-corrected chi connectivity index (χ2v) is 5.64. The SMILES string of the molecule is COc1ccc(OCC(=O)NCCSc2ccccc2)cc1. The standard InChI is InChI=1S/C17H19NO3S/c1-20-14-7-9-15(10-8-14)21-13-17(19)18-11-12-22-16-5-3-2-4-6-16/h2-10H,11-13H2,1H3,(H,18,19). The summed E-state index contributed by atoms with van der Waals surface area (Å²) < 4.78 is 10.5. The average Bonchev–Trinajstić information content (AvgIpc) is 2.58. The minimum Gasteiger partial charge on any atom is -0.497 e. The van der Waals surface area contributed by atoms with Gasteiger partial charge in [0.25, 0.3) is 5.91 Å². The van der Waals surface area contributed by atoms with Crippen molar-refractivity contribution in [1.82, 2.24) is 5.32 Å². The summed E-state index contributed by atoms with van der Waals surface area (Å²) in [6, 6.07) is 17.2. The topological polar surface area (TPSA) is 47.6 Å². The highest BCUT2D eigenvalue weighted by molar-refractivity contribution is 7.99. The average molecular weight is 317 g/mol. The van der Waals surface area contributed by atoms with Gasteiger partial charge in [0.2, 0.25) is 0 Å². The Labute approximate surface area is 134 Å². The smallest absolute Gasteiger partial charge is 0.257 e. The maximum atomic E-state index is 11.7. The molecule has 0 aliphatic heterocycles. The molecule has 0 aliphatic carbocycles. The number of benzene rings is 2. The second-order valence-electron chi connectivity index (χ2n) is 4.48. The Bertz CT molecular complexity index is 572. The molecule has 4 nitrogen and oxygen atoms in total. The molecule has 0 heterocycles. The molecular formula is C17H19NO3S. The van der Waals surface area contributed by atoms with E-state index >= 15 is 0 Å². The van der Waals surface area contributed by atoms with Crippen LogP contribution >= 0.6 is 11.8 Å². The Hall–Kier alpha value is -2.14. The maximum Gasteiger partial charge on any atom is 0.257 e. The van der Waals surface area contributed by atoms with Gasteiger partial charge in [-0.05, 0) is 36.4 Å². The number of carbonyl (C=O) groups excluding carboxylic acids is 1. The van der Waals surface area contributed by atoms with E-state index in [1.807, 2.05) is 18.2 Å². The lowest BCUT2D eigenvalue weighted by atomic mass is 10.3. The van der Waals surface area contributed by atoms with Crippen LogP contribution in [-0.4, -0.2) is 31.9 Å². The molecule has 0 aliphatic rings. The van der Waals surface area contributed by atoms with Crippen molar-refractivity contribution >= 4 is 17.7 Å². The van der Waals surface area contributed by atoms with E-state index in [0.717, 1.165) is 11.5 Å². The van der Waals surface area contributed by atoms with Gasteiger partial charge in [-0.3, -0.25) is 4.79 Å². The predicted molar refractivity (Wildman–Crippen MR) is 88.7 cm³/mol. The number of hydrogen-bond acceptors (Lipinski definition) is 4. The molecule has 1 amide bonds. The van der Waals surface area contributed by atoms with Crippen molar-refractivity contribution in [3.8, 4) is 11.5 Å². The third-order valence-corrected chi connectivity index (χ3v) is 3.88. The Morgan fingerprint density at radius 2 is 1.73 bits per heavy atom. The minimum absolute atomic E-state index is 0.0162. The zero-order chi connectivity index (χ0) is 15.6. The number of rotatable bonds is 8. The molecule has 22 heavy (non-hydrogen) atoms. The summed E-state index contributed by atoms with van der Waals surface area (Å²) in [4.78, 5) is 12.9. The van der Waals surface area contributed by atoms with Crippen molar-refractivity contribution in [2.24, 2.45) is 0 Å². The van der Waals surface area contributed by atoms with Gasteiger partial charge in [-0.2, -0.15) is 0 Å². The van der Waals surface area contributed by atoms with Gasteiger partial charge in [0.15, 0.2) is 6.61 Å². The molecule has 0 bridgehead atoms. The Balaban J connectivity index is 1.61. The lowest BCUT2D eigenvalue weighted by Gasteiger charge is -2.08. The van der Waals surface area contributed by atoms with E-state index in [2.05, 4.69) is 17.4 Å². The van der Waals surface area contributed by atoms with Crippen LogP contribution in [0.4, 0.5) is 0 Å². The normalized spacial score (nSPS) is 10.0. The molecule has 1 N–H and O–H groups in total. The van der Waals surface area contributed by atoms with Gasteiger partial charge in [0.05, 0.1) is 7.11 Å². The van der Waals surface area contributed by atoms with Crippen molar-refractivity contribution in [3.63, 3.8) is 0 Å². The van der Waals surface area contributed by atoms with Crippen molar-refractivity contribution in [1.29, 1.82) is 0 Å². The molecule has 0 saturated heterocycles. The largest absolute Gasteiger partial charge is 0.497 e. The maximum absolute atomic E-state index is 11.7. The number of amides is 1. The van der Waals surface area contributed by atoms with Gasteiger partial charge in [0, 0.05) is 17.2 Å². The highest BCUT2D eigenvalue weighted by Crippen LogP contribution is 2.17. The first-order valence-electron chi connectivity index (χ1n) is 6.99. The fraction of sp³-hybridized carbons (Fsp3) is 0.235. The first-order valence-corrected chi connectivity index (χ1v) is 7.98. The van der Waals surface area contributed by atoms with E-state index in [-0.39, 0.29) is 12.5 Å². The summed E-state index contributed by atoms with van der Waals surface area (Å²) in [5, 5.41) is 2.84. The third kappa shape index (κ3) is 5.69. The fourth-order valence-electron chi connectivity index (χ4n) is 1.75. The Morgan fingerprint density at radius 3 is 2.41 bits per heavy atom. The highest BCUT2D eigenvalue weighted by atomic mass is 32.2. The van der Waals surface area contributed by atoms with E-state index in [4.69, 9.17) is 9.47 Å². The van der Waals surface area contributed by atoms with Crippen LogP contribution in [0, 0.1) is 0 Å². The summed E-state index contributed by atoms with van der Waals surface area (Å²) in [5.41, 5.74) is 0. The summed E-state index contributed by atoms with van der Waals surface area (Å²) >= 11 is 1.71. The van der Waals surface area contributed by atoms with Gasteiger partial charge >= 0.3 is 0 Å². The van der Waals surface area contributed by atoms with Crippen molar-refractivity contribution < 1.29 is 14.3 Å². The molecule has 2 aromatic carbocycles. The van der Waals surface area contributed by atoms with E-state index in [1.165, 1.54) is 4.90 Å². The monoisotopic (exact) mass is 317 g/mol. The van der Waals surface area contributed by atoms with Gasteiger partial charge in [-0.25, -0.2) is 0 Å². The first-order chi connectivity index (χ1) is 10.8. The lowest BCUT2D eigenvalue weighted by molar-refractivity contribution is -0.122. The number of hydrogen-bond donors (Lipinski definition) is 1. The predicted octanol–water partition coefficient (Wildman–Crippen LogP) is 2.98. The number of ether oxygens (including phenoxy) is 2. The molecule has 0 spiro atoms. The fourth-order valence-corrected chi connectivity index (χ4v) is 2.54. The lowest BCUT2D eigenvalue weighted by Crippen LogP contribution is -2.30. The molecular weight excluding hydrogens is 298 g/mol. The molecule has 5 heteroatoms. The van der Waals surface area contributed by atoms with E-state index in [1.54, 1.807) is 43.1 Å². The molecule has 0 radical (unpaired) electrons. The van der Waals surface area contributed by atoms with E-state index < -0.39 is 0 Å². The number of nitrogens with one attached hydrogen (secondary N) is 1. The minimum atomic E-state index is -0.121. The zero-order valence-electron chi connectivity index (χ0n) is 12.5. The molecule has 2 aromatic rings. The highest BCUT2D eigenvalue weighted by Gasteiger charge is 2.02. The zero-order valence-corrected chi connectivity index (χ0v) is 13.3. The van der Waals surface area contributed by atoms with Crippen molar-refractivity contribution in [2.75, 3.05) is 26.0 Å². The molecule has 0 unspecified atom stereocenters. The molecule has 0 saturated carbocycles. The Morgan fingerprint density at radius 1 is 1.05 bits per heavy atom. The molecule has 0 atom stereocenters. The number of thioether (sulfide) groups is 1. The van der Waals surface area contributed by atoms with Gasteiger partial charge in [-0.1, -0.05) is 18.2 Å². The van der Waals surface area contributed by atoms with Crippen LogP contribution in [-0.2, 0) is 4.79 Å². The van der Waals surface area contributed by atoms with Gasteiger partial charge in [-0.15, -0.1) is 11.8 Å². The van der Waals surface area contributed by atoms with E-state index in [9.17, 15) is 4.79 Å². The number of carbonyl (C=O) groups is 1. The van der Waals surface area contributed by atoms with Crippen LogP contribution in [0.2, 0.25) is 0 Å². The van der Waals surface area contributed by atoms with Crippen LogP contribution in [0.15, 0.2) is 59.5 Å². The molecule has 0 fully saturated rings. The van der Waals surface area contributed by atoms with Crippen molar-refractivity contribution in [3.05, 3.63) is 54.6 Å². The molecule has 0 aromatic heterocycles. The second kappa shape index (κ2) is 9.00. The summed E-state index contributed by atoms with van der Waals surface area (Å²) in [6.07, 6.45) is 0. The van der Waals surface area contributed by atoms with Crippen LogP contribution < -0.4 is 14.8 Å². The van der Waals surface area contributed by atoms with Crippen LogP contribution in [0.5, 0.6) is 11.5 Å². The van der Waals surface area contributed by atoms with Gasteiger partial charge in [0.1, 0.15) is 11.5 Å². The van der Waals surface area contributed by atoms with Crippen molar-refractivity contribution in [2.45, 2.75) is 4.90 Å². The van der Waals surface area contributed by atoms with Crippen LogP contribution in [0.3, 0.4) is 0 Å². The summed E-state index contributed by atoms with van der Waals surface area (Å²) in [5.74, 6) is 2.12. The number of methoxy groups -OCH3 is 1. The summed E-state index contributed by atoms with van der Waals surface area (Å²) in [7, 11) is 1.61. The van der Waals surface area contributed by atoms with Crippen LogP contribution in [0.25, 0.3) is 0 Å². The molecule has 2 rings (SSSR count).